The molecule has 2 unspecified atom stereocenters. The van der Waals surface area contributed by atoms with Crippen molar-refractivity contribution in [3.8, 4) is 0 Å². The molecule has 26 heavy (non-hydrogen) atoms. The zero-order chi connectivity index (χ0) is 18.4. The van der Waals surface area contributed by atoms with Gasteiger partial charge in [0.1, 0.15) is 0 Å². The zero-order valence-electron chi connectivity index (χ0n) is 15.3. The highest BCUT2D eigenvalue weighted by Gasteiger charge is 2.42. The van der Waals surface area contributed by atoms with Gasteiger partial charge in [0, 0.05) is 37.3 Å². The van der Waals surface area contributed by atoms with Crippen LogP contribution in [0.3, 0.4) is 0 Å². The lowest BCUT2D eigenvalue weighted by Gasteiger charge is -2.35. The number of amides is 2. The lowest BCUT2D eigenvalue weighted by Crippen LogP contribution is -2.47. The Hall–Kier alpha value is -2.22. The van der Waals surface area contributed by atoms with Crippen molar-refractivity contribution < 1.29 is 9.59 Å². The number of thiazole rings is 1. The molecule has 2 aromatic rings. The van der Waals surface area contributed by atoms with Crippen LogP contribution in [0.1, 0.15) is 40.3 Å². The van der Waals surface area contributed by atoms with Crippen molar-refractivity contribution in [3.05, 3.63) is 33.5 Å². The number of carbonyl (C=O) groups excluding carboxylic acids is 2. The minimum Gasteiger partial charge on any atom is -0.336 e. The van der Waals surface area contributed by atoms with Crippen molar-refractivity contribution in [3.63, 3.8) is 0 Å². The molecule has 2 amide bonds. The van der Waals surface area contributed by atoms with Crippen LogP contribution in [-0.2, 0) is 18.4 Å². The maximum Gasteiger partial charge on any atom is 0.257 e. The number of nitrogens with zero attached hydrogens (tertiary/aromatic N) is 5. The molecule has 3 aliphatic heterocycles. The first kappa shape index (κ1) is 17.2. The summed E-state index contributed by atoms with van der Waals surface area (Å²) in [7, 11) is 1.85. The van der Waals surface area contributed by atoms with Gasteiger partial charge in [0.25, 0.3) is 5.91 Å². The van der Waals surface area contributed by atoms with Crippen LogP contribution in [0.25, 0.3) is 0 Å². The topological polar surface area (TPSA) is 71.3 Å². The summed E-state index contributed by atoms with van der Waals surface area (Å²) in [5.74, 6) is 0.0334. The van der Waals surface area contributed by atoms with Crippen LogP contribution >= 0.6 is 11.3 Å². The quantitative estimate of drug-likeness (QED) is 0.822. The molecule has 3 saturated heterocycles. The number of aromatic nitrogens is 3. The number of hydrogen-bond acceptors (Lipinski definition) is 5. The van der Waals surface area contributed by atoms with E-state index in [2.05, 4.69) is 10.1 Å². The molecule has 0 spiro atoms. The minimum atomic E-state index is -0.117. The highest BCUT2D eigenvalue weighted by atomic mass is 32.1. The Labute approximate surface area is 156 Å². The van der Waals surface area contributed by atoms with E-state index in [0.717, 1.165) is 29.9 Å². The fraction of sp³-hybridized carbons (Fsp3) is 0.556. The van der Waals surface area contributed by atoms with Gasteiger partial charge in [0.05, 0.1) is 34.9 Å². The Morgan fingerprint density at radius 2 is 2.12 bits per heavy atom. The first-order valence-corrected chi connectivity index (χ1v) is 9.87. The standard InChI is InChI=1S/C18H23N5O2S/c1-11-16(12(2)21(3)20-11)18(25)22-6-13-4-5-15(8-22)23(17(13)24)7-14-9-26-10-19-14/h9-10,13,15H,4-8H2,1-3H3. The lowest BCUT2D eigenvalue weighted by atomic mass is 9.94. The summed E-state index contributed by atoms with van der Waals surface area (Å²) >= 11 is 1.54. The fourth-order valence-corrected chi connectivity index (χ4v) is 4.70. The summed E-state index contributed by atoms with van der Waals surface area (Å²) in [5.41, 5.74) is 5.01. The van der Waals surface area contributed by atoms with Gasteiger partial charge in [-0.2, -0.15) is 5.10 Å². The van der Waals surface area contributed by atoms with Crippen molar-refractivity contribution >= 4 is 23.2 Å². The van der Waals surface area contributed by atoms with Gasteiger partial charge < -0.3 is 9.80 Å². The van der Waals surface area contributed by atoms with Crippen LogP contribution in [0.2, 0.25) is 0 Å². The maximum absolute atomic E-state index is 13.2. The molecule has 0 saturated carbocycles. The highest BCUT2D eigenvalue weighted by molar-refractivity contribution is 7.07. The van der Waals surface area contributed by atoms with E-state index in [0.29, 0.717) is 25.2 Å². The van der Waals surface area contributed by atoms with Crippen molar-refractivity contribution in [2.24, 2.45) is 13.0 Å². The molecule has 8 heteroatoms. The van der Waals surface area contributed by atoms with Gasteiger partial charge in [-0.25, -0.2) is 4.98 Å². The van der Waals surface area contributed by atoms with Crippen LogP contribution < -0.4 is 0 Å². The van der Waals surface area contributed by atoms with Crippen LogP contribution in [0, 0.1) is 19.8 Å². The fourth-order valence-electron chi connectivity index (χ4n) is 4.15. The summed E-state index contributed by atoms with van der Waals surface area (Å²) in [6, 6.07) is 0.0594. The molecule has 138 valence electrons. The summed E-state index contributed by atoms with van der Waals surface area (Å²) in [5, 5.41) is 6.35. The molecule has 0 aromatic carbocycles. The SMILES string of the molecule is Cc1nn(C)c(C)c1C(=O)N1CC2CCC(C1)N(Cc1cscn1)C2=O. The third kappa shape index (κ3) is 2.82. The molecular weight excluding hydrogens is 350 g/mol. The molecular formula is C18H23N5O2S. The molecule has 5 heterocycles. The number of carbonyl (C=O) groups is 2. The Kier molecular flexibility index (Phi) is 4.30. The first-order chi connectivity index (χ1) is 12.5. The van der Waals surface area contributed by atoms with Crippen LogP contribution in [-0.4, -0.2) is 55.5 Å². The average molecular weight is 373 g/mol. The molecule has 3 fully saturated rings. The molecule has 3 aliphatic rings. The van der Waals surface area contributed by atoms with Gasteiger partial charge in [-0.1, -0.05) is 0 Å². The molecule has 2 aromatic heterocycles. The predicted molar refractivity (Wildman–Crippen MR) is 97.8 cm³/mol. The maximum atomic E-state index is 13.2. The Morgan fingerprint density at radius 3 is 2.77 bits per heavy atom. The summed E-state index contributed by atoms with van der Waals surface area (Å²) in [6.45, 7) is 5.40. The number of hydrogen-bond donors (Lipinski definition) is 0. The van der Waals surface area contributed by atoms with E-state index in [1.807, 2.05) is 36.1 Å². The molecule has 0 aliphatic carbocycles. The lowest BCUT2D eigenvalue weighted by molar-refractivity contribution is -0.140. The van der Waals surface area contributed by atoms with Crippen LogP contribution in [0.15, 0.2) is 10.9 Å². The molecule has 0 radical (unpaired) electrons. The normalized spacial score (nSPS) is 22.8. The minimum absolute atomic E-state index is 0.00620. The van der Waals surface area contributed by atoms with E-state index in [1.165, 1.54) is 0 Å². The smallest absolute Gasteiger partial charge is 0.257 e. The van der Waals surface area contributed by atoms with Gasteiger partial charge in [-0.3, -0.25) is 14.3 Å². The van der Waals surface area contributed by atoms with Crippen molar-refractivity contribution in [2.45, 2.75) is 39.3 Å². The highest BCUT2D eigenvalue weighted by Crippen LogP contribution is 2.31. The monoisotopic (exact) mass is 373 g/mol. The molecule has 5 rings (SSSR count). The Morgan fingerprint density at radius 1 is 1.31 bits per heavy atom. The molecule has 7 nitrogen and oxygen atoms in total. The summed E-state index contributed by atoms with van der Waals surface area (Å²) in [6.07, 6.45) is 1.79. The van der Waals surface area contributed by atoms with Gasteiger partial charge in [-0.15, -0.1) is 11.3 Å². The number of fused-ring (bicyclic) bond motifs is 4. The predicted octanol–water partition coefficient (Wildman–Crippen LogP) is 1.76. The van der Waals surface area contributed by atoms with Crippen molar-refractivity contribution in [1.82, 2.24) is 24.6 Å². The van der Waals surface area contributed by atoms with E-state index in [9.17, 15) is 9.59 Å². The van der Waals surface area contributed by atoms with Gasteiger partial charge in [0.2, 0.25) is 5.91 Å². The second kappa shape index (κ2) is 6.50. The average Bonchev–Trinajstić information content (AvgIpc) is 3.09. The van der Waals surface area contributed by atoms with E-state index >= 15 is 0 Å². The van der Waals surface area contributed by atoms with Gasteiger partial charge in [0.15, 0.2) is 0 Å². The molecule has 2 bridgehead atoms. The molecule has 0 N–H and O–H groups in total. The summed E-state index contributed by atoms with van der Waals surface area (Å²) < 4.78 is 1.74. The van der Waals surface area contributed by atoms with Gasteiger partial charge in [-0.05, 0) is 26.7 Å². The third-order valence-corrected chi connectivity index (χ3v) is 6.25. The van der Waals surface area contributed by atoms with E-state index in [4.69, 9.17) is 0 Å². The number of rotatable bonds is 3. The molecule has 2 atom stereocenters. The van der Waals surface area contributed by atoms with Crippen molar-refractivity contribution in [2.75, 3.05) is 13.1 Å². The van der Waals surface area contributed by atoms with E-state index < -0.39 is 0 Å². The Balaban J connectivity index is 1.59. The number of piperidine rings is 1. The van der Waals surface area contributed by atoms with Crippen LogP contribution in [0.4, 0.5) is 0 Å². The largest absolute Gasteiger partial charge is 0.336 e. The third-order valence-electron chi connectivity index (χ3n) is 5.62. The number of aryl methyl sites for hydroxylation is 2. The second-order valence-corrected chi connectivity index (χ2v) is 7.97. The first-order valence-electron chi connectivity index (χ1n) is 8.92. The van der Waals surface area contributed by atoms with Crippen molar-refractivity contribution in [1.29, 1.82) is 0 Å². The Bertz CT molecular complexity index is 844. The summed E-state index contributed by atoms with van der Waals surface area (Å²) in [4.78, 5) is 34.2. The van der Waals surface area contributed by atoms with Crippen LogP contribution in [0.5, 0.6) is 0 Å². The van der Waals surface area contributed by atoms with E-state index in [1.54, 1.807) is 21.5 Å². The van der Waals surface area contributed by atoms with Gasteiger partial charge >= 0.3 is 0 Å². The van der Waals surface area contributed by atoms with E-state index in [-0.39, 0.29) is 23.8 Å². The second-order valence-electron chi connectivity index (χ2n) is 7.25. The zero-order valence-corrected chi connectivity index (χ0v) is 16.1.